The molecule has 3 aromatic rings. The maximum atomic E-state index is 2.26. The third-order valence-electron chi connectivity index (χ3n) is 3.42. The van der Waals surface area contributed by atoms with Crippen LogP contribution in [0.25, 0.3) is 22.3 Å². The maximum absolute atomic E-state index is 2.26. The normalized spacial score (nSPS) is 9.67. The van der Waals surface area contributed by atoms with E-state index < -0.39 is 0 Å². The second-order valence-electron chi connectivity index (χ2n) is 4.76. The summed E-state index contributed by atoms with van der Waals surface area (Å²) in [6.45, 7) is 6.18. The summed E-state index contributed by atoms with van der Waals surface area (Å²) >= 11 is 0. The zero-order valence-electron chi connectivity index (χ0n) is 13.0. The molecule has 0 spiro atoms. The molecule has 0 aromatic heterocycles. The Bertz CT molecular complexity index is 667. The Hall–Kier alpha value is -2.34. The molecule has 0 saturated carbocycles. The molecule has 0 aliphatic heterocycles. The van der Waals surface area contributed by atoms with Crippen LogP contribution in [0.3, 0.4) is 0 Å². The standard InChI is InChI=1S/C19H16.C2H6/c1-15-14-18(16-8-4-2-5-9-16)12-13-19(15)17-10-6-3-7-11-17;1-2/h2-14H,1H3;1-2H3. The van der Waals surface area contributed by atoms with Crippen molar-refractivity contribution in [3.8, 4) is 22.3 Å². The van der Waals surface area contributed by atoms with E-state index in [1.54, 1.807) is 0 Å². The van der Waals surface area contributed by atoms with Crippen molar-refractivity contribution in [3.05, 3.63) is 84.4 Å². The Morgan fingerprint density at radius 3 is 1.57 bits per heavy atom. The lowest BCUT2D eigenvalue weighted by Crippen LogP contribution is -1.85. The van der Waals surface area contributed by atoms with Crippen LogP contribution in [-0.2, 0) is 0 Å². The SMILES string of the molecule is CC.Cc1cc(-c2ccccc2)ccc1-c1ccccc1. The van der Waals surface area contributed by atoms with Crippen LogP contribution in [0.5, 0.6) is 0 Å². The van der Waals surface area contributed by atoms with Crippen LogP contribution in [0.4, 0.5) is 0 Å². The largest absolute Gasteiger partial charge is 0.0683 e. The van der Waals surface area contributed by atoms with E-state index >= 15 is 0 Å². The average molecular weight is 274 g/mol. The first-order chi connectivity index (χ1) is 10.3. The van der Waals surface area contributed by atoms with Gasteiger partial charge in [-0.25, -0.2) is 0 Å². The molecule has 0 aliphatic rings. The quantitative estimate of drug-likeness (QED) is 0.510. The van der Waals surface area contributed by atoms with Crippen LogP contribution in [-0.4, -0.2) is 0 Å². The molecule has 0 heteroatoms. The molecule has 0 aliphatic carbocycles. The first-order valence-electron chi connectivity index (χ1n) is 7.56. The van der Waals surface area contributed by atoms with Crippen molar-refractivity contribution in [2.45, 2.75) is 20.8 Å². The van der Waals surface area contributed by atoms with Crippen LogP contribution < -0.4 is 0 Å². The predicted octanol–water partition coefficient (Wildman–Crippen LogP) is 6.36. The summed E-state index contributed by atoms with van der Waals surface area (Å²) in [5.41, 5.74) is 6.44. The Labute approximate surface area is 128 Å². The first-order valence-corrected chi connectivity index (χ1v) is 7.56. The molecule has 21 heavy (non-hydrogen) atoms. The summed E-state index contributed by atoms with van der Waals surface area (Å²) < 4.78 is 0. The van der Waals surface area contributed by atoms with Crippen molar-refractivity contribution < 1.29 is 0 Å². The number of rotatable bonds is 2. The molecule has 0 saturated heterocycles. The van der Waals surface area contributed by atoms with Gasteiger partial charge in [-0.2, -0.15) is 0 Å². The van der Waals surface area contributed by atoms with Crippen molar-refractivity contribution in [2.75, 3.05) is 0 Å². The van der Waals surface area contributed by atoms with E-state index in [0.717, 1.165) is 0 Å². The van der Waals surface area contributed by atoms with Crippen molar-refractivity contribution >= 4 is 0 Å². The minimum Gasteiger partial charge on any atom is -0.0683 e. The van der Waals surface area contributed by atoms with Crippen molar-refractivity contribution in [3.63, 3.8) is 0 Å². The molecule has 0 unspecified atom stereocenters. The topological polar surface area (TPSA) is 0 Å². The number of benzene rings is 3. The molecule has 0 radical (unpaired) electrons. The zero-order chi connectivity index (χ0) is 15.1. The third kappa shape index (κ3) is 3.61. The van der Waals surface area contributed by atoms with Crippen molar-refractivity contribution in [2.24, 2.45) is 0 Å². The Morgan fingerprint density at radius 2 is 1.05 bits per heavy atom. The van der Waals surface area contributed by atoms with Crippen LogP contribution in [0.2, 0.25) is 0 Å². The number of aryl methyl sites for hydroxylation is 1. The second-order valence-corrected chi connectivity index (χ2v) is 4.76. The highest BCUT2D eigenvalue weighted by Gasteiger charge is 2.03. The molecule has 0 bridgehead atoms. The van der Waals surface area contributed by atoms with Gasteiger partial charge in [-0.05, 0) is 34.7 Å². The highest BCUT2D eigenvalue weighted by Crippen LogP contribution is 2.28. The molecule has 3 rings (SSSR count). The molecular weight excluding hydrogens is 252 g/mol. The van der Waals surface area contributed by atoms with E-state index in [2.05, 4.69) is 85.8 Å². The Morgan fingerprint density at radius 1 is 0.524 bits per heavy atom. The van der Waals surface area contributed by atoms with Crippen LogP contribution in [0.1, 0.15) is 19.4 Å². The van der Waals surface area contributed by atoms with E-state index in [-0.39, 0.29) is 0 Å². The van der Waals surface area contributed by atoms with Gasteiger partial charge in [0.1, 0.15) is 0 Å². The molecule has 0 fully saturated rings. The van der Waals surface area contributed by atoms with Crippen molar-refractivity contribution in [1.29, 1.82) is 0 Å². The molecule has 0 heterocycles. The fraction of sp³-hybridized carbons (Fsp3) is 0.143. The third-order valence-corrected chi connectivity index (χ3v) is 3.42. The van der Waals surface area contributed by atoms with E-state index in [1.807, 2.05) is 13.8 Å². The van der Waals surface area contributed by atoms with Crippen LogP contribution >= 0.6 is 0 Å². The van der Waals surface area contributed by atoms with Crippen molar-refractivity contribution in [1.82, 2.24) is 0 Å². The van der Waals surface area contributed by atoms with Gasteiger partial charge in [0.2, 0.25) is 0 Å². The van der Waals surface area contributed by atoms with Gasteiger partial charge >= 0.3 is 0 Å². The highest BCUT2D eigenvalue weighted by atomic mass is 14.1. The van der Waals surface area contributed by atoms with Gasteiger partial charge < -0.3 is 0 Å². The van der Waals surface area contributed by atoms with Crippen LogP contribution in [0, 0.1) is 6.92 Å². The van der Waals surface area contributed by atoms with Gasteiger partial charge in [-0.15, -0.1) is 0 Å². The van der Waals surface area contributed by atoms with Gasteiger partial charge in [0.25, 0.3) is 0 Å². The van der Waals surface area contributed by atoms with Gasteiger partial charge in [-0.3, -0.25) is 0 Å². The highest BCUT2D eigenvalue weighted by molar-refractivity contribution is 5.73. The van der Waals surface area contributed by atoms with E-state index in [0.29, 0.717) is 0 Å². The maximum Gasteiger partial charge on any atom is -0.0154 e. The summed E-state index contributed by atoms with van der Waals surface area (Å²) in [5, 5.41) is 0. The summed E-state index contributed by atoms with van der Waals surface area (Å²) in [5.74, 6) is 0. The Kier molecular flexibility index (Phi) is 5.34. The van der Waals surface area contributed by atoms with E-state index in [4.69, 9.17) is 0 Å². The second kappa shape index (κ2) is 7.44. The van der Waals surface area contributed by atoms with E-state index in [1.165, 1.54) is 27.8 Å². The zero-order valence-corrected chi connectivity index (χ0v) is 13.0. The lowest BCUT2D eigenvalue weighted by molar-refractivity contribution is 1.45. The first kappa shape index (κ1) is 15.1. The molecule has 0 N–H and O–H groups in total. The van der Waals surface area contributed by atoms with E-state index in [9.17, 15) is 0 Å². The fourth-order valence-corrected chi connectivity index (χ4v) is 2.42. The molecule has 0 amide bonds. The van der Waals surface area contributed by atoms with Gasteiger partial charge in [0.05, 0.1) is 0 Å². The fourth-order valence-electron chi connectivity index (χ4n) is 2.42. The summed E-state index contributed by atoms with van der Waals surface area (Å²) in [7, 11) is 0. The summed E-state index contributed by atoms with van der Waals surface area (Å²) in [6, 6.07) is 27.7. The van der Waals surface area contributed by atoms with Gasteiger partial charge in [-0.1, -0.05) is 92.7 Å². The minimum atomic E-state index is 1.27. The molecule has 3 aromatic carbocycles. The smallest absolute Gasteiger partial charge is 0.0154 e. The molecule has 0 atom stereocenters. The van der Waals surface area contributed by atoms with Gasteiger partial charge in [0, 0.05) is 0 Å². The average Bonchev–Trinajstić information content (AvgIpc) is 2.58. The number of hydrogen-bond acceptors (Lipinski definition) is 0. The monoisotopic (exact) mass is 274 g/mol. The Balaban J connectivity index is 0.000000774. The number of hydrogen-bond donors (Lipinski definition) is 0. The summed E-state index contributed by atoms with van der Waals surface area (Å²) in [4.78, 5) is 0. The minimum absolute atomic E-state index is 1.27. The molecule has 0 nitrogen and oxygen atoms in total. The molecule has 106 valence electrons. The summed E-state index contributed by atoms with van der Waals surface area (Å²) in [6.07, 6.45) is 0. The predicted molar refractivity (Wildman–Crippen MR) is 93.4 cm³/mol. The lowest BCUT2D eigenvalue weighted by atomic mass is 9.96. The van der Waals surface area contributed by atoms with Crippen LogP contribution in [0.15, 0.2) is 78.9 Å². The lowest BCUT2D eigenvalue weighted by Gasteiger charge is -2.09. The molecular formula is C21H22. The van der Waals surface area contributed by atoms with Gasteiger partial charge in [0.15, 0.2) is 0 Å².